The fourth-order valence-electron chi connectivity index (χ4n) is 3.07. The molecule has 3 aromatic rings. The van der Waals surface area contributed by atoms with Gasteiger partial charge < -0.3 is 21.8 Å². The van der Waals surface area contributed by atoms with Crippen LogP contribution in [0.2, 0.25) is 0 Å². The molecule has 0 spiro atoms. The van der Waals surface area contributed by atoms with Gasteiger partial charge in [0.1, 0.15) is 0 Å². The van der Waals surface area contributed by atoms with Crippen LogP contribution in [0.4, 0.5) is 11.4 Å². The summed E-state index contributed by atoms with van der Waals surface area (Å²) in [7, 11) is 0. The van der Waals surface area contributed by atoms with E-state index in [2.05, 4.69) is 40.6 Å². The van der Waals surface area contributed by atoms with Crippen LogP contribution in [0.25, 0.3) is 22.6 Å². The molecule has 0 saturated heterocycles. The first kappa shape index (κ1) is 13.0. The molecule has 1 aliphatic rings. The van der Waals surface area contributed by atoms with Crippen LogP contribution in [0, 0.1) is 0 Å². The normalized spacial score (nSPS) is 15.2. The largest absolute Gasteiger partial charge is 0.397 e. The molecule has 1 aliphatic heterocycles. The number of rotatable bonds is 2. The summed E-state index contributed by atoms with van der Waals surface area (Å²) in [4.78, 5) is 3.32. The van der Waals surface area contributed by atoms with Gasteiger partial charge in [-0.15, -0.1) is 0 Å². The van der Waals surface area contributed by atoms with Crippen LogP contribution in [-0.4, -0.2) is 11.5 Å². The van der Waals surface area contributed by atoms with Gasteiger partial charge in [-0.3, -0.25) is 0 Å². The summed E-state index contributed by atoms with van der Waals surface area (Å²) in [5.74, 6) is 0. The Morgan fingerprint density at radius 1 is 1.18 bits per heavy atom. The first-order valence-electron chi connectivity index (χ1n) is 7.39. The second-order valence-electron chi connectivity index (χ2n) is 5.62. The molecule has 2 aromatic carbocycles. The van der Waals surface area contributed by atoms with Gasteiger partial charge in [0.15, 0.2) is 0 Å². The van der Waals surface area contributed by atoms with Crippen LogP contribution in [-0.2, 0) is 6.54 Å². The first-order valence-corrected chi connectivity index (χ1v) is 7.39. The Kier molecular flexibility index (Phi) is 2.91. The van der Waals surface area contributed by atoms with E-state index in [1.165, 1.54) is 22.1 Å². The highest BCUT2D eigenvalue weighted by atomic mass is 14.9. The van der Waals surface area contributed by atoms with Gasteiger partial charge in [-0.05, 0) is 35.4 Å². The Labute approximate surface area is 128 Å². The zero-order chi connectivity index (χ0) is 15.1. The van der Waals surface area contributed by atoms with E-state index in [-0.39, 0.29) is 0 Å². The summed E-state index contributed by atoms with van der Waals surface area (Å²) < 4.78 is 0. The molecule has 22 heavy (non-hydrogen) atoms. The van der Waals surface area contributed by atoms with E-state index >= 15 is 0 Å². The number of aromatic amines is 1. The first-order chi connectivity index (χ1) is 10.8. The van der Waals surface area contributed by atoms with Gasteiger partial charge in [0.2, 0.25) is 0 Å². The van der Waals surface area contributed by atoms with Crippen molar-refractivity contribution < 1.29 is 0 Å². The maximum Gasteiger partial charge on any atom is 0.0653 e. The fourth-order valence-corrected chi connectivity index (χ4v) is 3.07. The second-order valence-corrected chi connectivity index (χ2v) is 5.62. The highest BCUT2D eigenvalue weighted by molar-refractivity contribution is 6.00. The SMILES string of the molecule is NCc1ccc2[nH]cc(C=C3CNc4c(N)cccc43)c2c1. The molecule has 0 amide bonds. The third-order valence-electron chi connectivity index (χ3n) is 4.24. The molecule has 0 unspecified atom stereocenters. The van der Waals surface area contributed by atoms with Gasteiger partial charge >= 0.3 is 0 Å². The van der Waals surface area contributed by atoms with Crippen LogP contribution in [0.15, 0.2) is 42.6 Å². The zero-order valence-electron chi connectivity index (χ0n) is 12.2. The van der Waals surface area contributed by atoms with E-state index in [1.807, 2.05) is 18.3 Å². The average molecular weight is 290 g/mol. The van der Waals surface area contributed by atoms with Crippen molar-refractivity contribution in [3.63, 3.8) is 0 Å². The van der Waals surface area contributed by atoms with Crippen LogP contribution >= 0.6 is 0 Å². The minimum absolute atomic E-state index is 0.554. The number of aromatic nitrogens is 1. The number of H-pyrrole nitrogens is 1. The molecular formula is C18H18N4. The van der Waals surface area contributed by atoms with Crippen molar-refractivity contribution in [2.75, 3.05) is 17.6 Å². The van der Waals surface area contributed by atoms with Gasteiger partial charge in [0.25, 0.3) is 0 Å². The zero-order valence-corrected chi connectivity index (χ0v) is 12.2. The highest BCUT2D eigenvalue weighted by Crippen LogP contribution is 2.36. The number of hydrogen-bond donors (Lipinski definition) is 4. The molecule has 0 aliphatic carbocycles. The maximum absolute atomic E-state index is 6.03. The van der Waals surface area contributed by atoms with Crippen molar-refractivity contribution in [2.24, 2.45) is 5.73 Å². The molecule has 4 heteroatoms. The number of fused-ring (bicyclic) bond motifs is 2. The molecule has 110 valence electrons. The summed E-state index contributed by atoms with van der Waals surface area (Å²) >= 11 is 0. The Morgan fingerprint density at radius 3 is 2.95 bits per heavy atom. The quantitative estimate of drug-likeness (QED) is 0.547. The van der Waals surface area contributed by atoms with E-state index in [0.29, 0.717) is 6.54 Å². The Bertz CT molecular complexity index is 889. The molecule has 2 heterocycles. The van der Waals surface area contributed by atoms with Crippen molar-refractivity contribution in [3.05, 3.63) is 59.3 Å². The molecule has 0 radical (unpaired) electrons. The molecule has 6 N–H and O–H groups in total. The minimum atomic E-state index is 0.554. The third kappa shape index (κ3) is 1.96. The van der Waals surface area contributed by atoms with E-state index < -0.39 is 0 Å². The molecular weight excluding hydrogens is 272 g/mol. The molecule has 0 fully saturated rings. The number of nitrogens with two attached hydrogens (primary N) is 2. The van der Waals surface area contributed by atoms with Crippen molar-refractivity contribution in [1.29, 1.82) is 0 Å². The number of nitrogen functional groups attached to an aromatic ring is 1. The average Bonchev–Trinajstić information content (AvgIpc) is 3.13. The van der Waals surface area contributed by atoms with Gasteiger partial charge in [0, 0.05) is 41.3 Å². The van der Waals surface area contributed by atoms with Crippen molar-refractivity contribution in [1.82, 2.24) is 4.98 Å². The lowest BCUT2D eigenvalue weighted by atomic mass is 10.0. The molecule has 1 aromatic heterocycles. The molecule has 0 atom stereocenters. The second kappa shape index (κ2) is 4.93. The molecule has 0 saturated carbocycles. The van der Waals surface area contributed by atoms with Gasteiger partial charge in [0.05, 0.1) is 11.4 Å². The van der Waals surface area contributed by atoms with Crippen LogP contribution < -0.4 is 16.8 Å². The van der Waals surface area contributed by atoms with Crippen LogP contribution in [0.3, 0.4) is 0 Å². The number of anilines is 2. The van der Waals surface area contributed by atoms with Gasteiger partial charge in [-0.25, -0.2) is 0 Å². The minimum Gasteiger partial charge on any atom is -0.397 e. The Balaban J connectivity index is 1.83. The number of benzene rings is 2. The molecule has 4 rings (SSSR count). The van der Waals surface area contributed by atoms with Crippen molar-refractivity contribution >= 4 is 33.9 Å². The van der Waals surface area contributed by atoms with E-state index in [4.69, 9.17) is 11.5 Å². The summed E-state index contributed by atoms with van der Waals surface area (Å²) in [6.45, 7) is 1.35. The van der Waals surface area contributed by atoms with Crippen LogP contribution in [0.1, 0.15) is 16.7 Å². The van der Waals surface area contributed by atoms with Gasteiger partial charge in [-0.1, -0.05) is 18.2 Å². The lowest BCUT2D eigenvalue weighted by Crippen LogP contribution is -1.95. The lowest BCUT2D eigenvalue weighted by Gasteiger charge is -2.02. The summed E-state index contributed by atoms with van der Waals surface area (Å²) in [6, 6.07) is 12.3. The highest BCUT2D eigenvalue weighted by Gasteiger charge is 2.17. The predicted molar refractivity (Wildman–Crippen MR) is 93.4 cm³/mol. The Hall–Kier alpha value is -2.72. The monoisotopic (exact) mass is 290 g/mol. The lowest BCUT2D eigenvalue weighted by molar-refractivity contribution is 1.08. The van der Waals surface area contributed by atoms with E-state index in [1.54, 1.807) is 0 Å². The fraction of sp³-hybridized carbons (Fsp3) is 0.111. The van der Waals surface area contributed by atoms with E-state index in [9.17, 15) is 0 Å². The molecule has 4 nitrogen and oxygen atoms in total. The Morgan fingerprint density at radius 2 is 2.09 bits per heavy atom. The van der Waals surface area contributed by atoms with Crippen molar-refractivity contribution in [2.45, 2.75) is 6.54 Å². The number of hydrogen-bond acceptors (Lipinski definition) is 3. The maximum atomic E-state index is 6.03. The van der Waals surface area contributed by atoms with Crippen LogP contribution in [0.5, 0.6) is 0 Å². The summed E-state index contributed by atoms with van der Waals surface area (Å²) in [6.07, 6.45) is 4.26. The molecule has 0 bridgehead atoms. The van der Waals surface area contributed by atoms with Crippen molar-refractivity contribution in [3.8, 4) is 0 Å². The van der Waals surface area contributed by atoms with Gasteiger partial charge in [-0.2, -0.15) is 0 Å². The number of para-hydroxylation sites is 1. The predicted octanol–water partition coefficient (Wildman–Crippen LogP) is 3.17. The smallest absolute Gasteiger partial charge is 0.0653 e. The summed E-state index contributed by atoms with van der Waals surface area (Å²) in [5.41, 5.74) is 19.5. The van der Waals surface area contributed by atoms with E-state index in [0.717, 1.165) is 29.0 Å². The summed E-state index contributed by atoms with van der Waals surface area (Å²) in [5, 5.41) is 4.58. The standard InChI is InChI=1S/C18H18N4/c19-8-11-4-5-17-15(6-11)13(9-21-17)7-12-10-22-18-14(12)2-1-3-16(18)20/h1-7,9,21-22H,8,10,19-20H2. The third-order valence-corrected chi connectivity index (χ3v) is 4.24. The number of nitrogens with one attached hydrogen (secondary N) is 2. The topological polar surface area (TPSA) is 79.9 Å².